The lowest BCUT2D eigenvalue weighted by molar-refractivity contribution is -0.126. The molecule has 1 fully saturated rings. The van der Waals surface area contributed by atoms with Crippen molar-refractivity contribution in [1.29, 1.82) is 0 Å². The Kier molecular flexibility index (Phi) is 5.40. The van der Waals surface area contributed by atoms with Gasteiger partial charge in [-0.15, -0.1) is 0 Å². The van der Waals surface area contributed by atoms with Crippen LogP contribution >= 0.6 is 0 Å². The van der Waals surface area contributed by atoms with Gasteiger partial charge in [0.25, 0.3) is 5.91 Å². The van der Waals surface area contributed by atoms with Gasteiger partial charge in [-0.05, 0) is 37.3 Å². The number of anilines is 1. The number of amides is 3. The first-order valence-electron chi connectivity index (χ1n) is 8.59. The molecule has 1 saturated heterocycles. The van der Waals surface area contributed by atoms with Crippen LogP contribution in [0.1, 0.15) is 22.3 Å². The molecule has 0 saturated carbocycles. The highest BCUT2D eigenvalue weighted by Crippen LogP contribution is 2.25. The summed E-state index contributed by atoms with van der Waals surface area (Å²) in [5.41, 5.74) is 7.01. The van der Waals surface area contributed by atoms with Crippen molar-refractivity contribution in [3.63, 3.8) is 0 Å². The van der Waals surface area contributed by atoms with Crippen LogP contribution in [0.4, 0.5) is 5.69 Å². The molecule has 0 unspecified atom stereocenters. The maximum absolute atomic E-state index is 12.4. The predicted molar refractivity (Wildman–Crippen MR) is 100 cm³/mol. The molecule has 0 spiro atoms. The number of aryl methyl sites for hydroxylation is 1. The lowest BCUT2D eigenvalue weighted by Gasteiger charge is -2.17. The summed E-state index contributed by atoms with van der Waals surface area (Å²) >= 11 is 0. The lowest BCUT2D eigenvalue weighted by Crippen LogP contribution is -2.45. The zero-order valence-electron chi connectivity index (χ0n) is 15.2. The summed E-state index contributed by atoms with van der Waals surface area (Å²) in [5.74, 6) is -0.942. The Morgan fingerprint density at radius 3 is 2.56 bits per heavy atom. The smallest absolute Gasteiger partial charge is 0.269 e. The number of benzene rings is 2. The Hall–Kier alpha value is -3.35. The molecule has 0 bridgehead atoms. The monoisotopic (exact) mass is 367 g/mol. The molecule has 2 N–H and O–H groups in total. The van der Waals surface area contributed by atoms with Crippen LogP contribution in [0.15, 0.2) is 48.5 Å². The van der Waals surface area contributed by atoms with E-state index in [-0.39, 0.29) is 18.9 Å². The first kappa shape index (κ1) is 18.4. The summed E-state index contributed by atoms with van der Waals surface area (Å²) in [4.78, 5) is 38.3. The third kappa shape index (κ3) is 4.25. The molecule has 3 rings (SSSR count). The van der Waals surface area contributed by atoms with Gasteiger partial charge in [-0.1, -0.05) is 23.8 Å². The molecule has 0 aliphatic carbocycles. The number of ether oxygens (including phenoxy) is 1. The van der Waals surface area contributed by atoms with E-state index in [1.54, 1.807) is 29.2 Å². The second-order valence-corrected chi connectivity index (χ2v) is 6.42. The molecular weight excluding hydrogens is 346 g/mol. The normalized spacial score (nSPS) is 16.1. The SMILES string of the molecule is COc1cccc(C(=O)NNC(=O)[C@H]2CC(=O)N(c3ccc(C)cc3)C2)c1. The summed E-state index contributed by atoms with van der Waals surface area (Å²) in [5, 5.41) is 0. The van der Waals surface area contributed by atoms with Gasteiger partial charge in [0.15, 0.2) is 0 Å². The van der Waals surface area contributed by atoms with E-state index in [0.717, 1.165) is 11.3 Å². The number of hydrogen-bond acceptors (Lipinski definition) is 4. The van der Waals surface area contributed by atoms with E-state index >= 15 is 0 Å². The fourth-order valence-electron chi connectivity index (χ4n) is 2.91. The van der Waals surface area contributed by atoms with Gasteiger partial charge in [0.05, 0.1) is 13.0 Å². The van der Waals surface area contributed by atoms with Crippen molar-refractivity contribution in [2.75, 3.05) is 18.6 Å². The number of carbonyl (C=O) groups excluding carboxylic acids is 3. The van der Waals surface area contributed by atoms with Crippen molar-refractivity contribution in [3.05, 3.63) is 59.7 Å². The highest BCUT2D eigenvalue weighted by Gasteiger charge is 2.35. The average Bonchev–Trinajstić information content (AvgIpc) is 3.08. The third-order valence-corrected chi connectivity index (χ3v) is 4.47. The second kappa shape index (κ2) is 7.90. The van der Waals surface area contributed by atoms with Crippen molar-refractivity contribution in [1.82, 2.24) is 10.9 Å². The zero-order chi connectivity index (χ0) is 19.4. The molecular formula is C20H21N3O4. The molecule has 1 heterocycles. The maximum Gasteiger partial charge on any atom is 0.269 e. The fourth-order valence-corrected chi connectivity index (χ4v) is 2.91. The molecule has 0 radical (unpaired) electrons. The summed E-state index contributed by atoms with van der Waals surface area (Å²) in [6, 6.07) is 14.1. The Morgan fingerprint density at radius 1 is 1.11 bits per heavy atom. The van der Waals surface area contributed by atoms with Crippen molar-refractivity contribution in [2.45, 2.75) is 13.3 Å². The Bertz CT molecular complexity index is 864. The fraction of sp³-hybridized carbons (Fsp3) is 0.250. The van der Waals surface area contributed by atoms with E-state index in [2.05, 4.69) is 10.9 Å². The van der Waals surface area contributed by atoms with Crippen molar-refractivity contribution < 1.29 is 19.1 Å². The topological polar surface area (TPSA) is 87.7 Å². The highest BCUT2D eigenvalue weighted by molar-refractivity contribution is 6.01. The number of hydrazine groups is 1. The van der Waals surface area contributed by atoms with Gasteiger partial charge in [0.1, 0.15) is 5.75 Å². The second-order valence-electron chi connectivity index (χ2n) is 6.42. The quantitative estimate of drug-likeness (QED) is 0.807. The third-order valence-electron chi connectivity index (χ3n) is 4.47. The van der Waals surface area contributed by atoms with Crippen LogP contribution < -0.4 is 20.5 Å². The number of nitrogens with one attached hydrogen (secondary N) is 2. The maximum atomic E-state index is 12.4. The molecule has 1 aliphatic rings. The Balaban J connectivity index is 1.57. The molecule has 7 heteroatoms. The van der Waals surface area contributed by atoms with Crippen LogP contribution in [0, 0.1) is 12.8 Å². The summed E-state index contributed by atoms with van der Waals surface area (Å²) in [7, 11) is 1.51. The molecule has 2 aromatic carbocycles. The van der Waals surface area contributed by atoms with Crippen LogP contribution in [-0.2, 0) is 9.59 Å². The zero-order valence-corrected chi connectivity index (χ0v) is 15.2. The number of rotatable bonds is 4. The number of nitrogens with zero attached hydrogens (tertiary/aromatic N) is 1. The van der Waals surface area contributed by atoms with Gasteiger partial charge >= 0.3 is 0 Å². The van der Waals surface area contributed by atoms with E-state index < -0.39 is 17.7 Å². The number of carbonyl (C=O) groups is 3. The minimum absolute atomic E-state index is 0.106. The Labute approximate surface area is 157 Å². The number of hydrogen-bond donors (Lipinski definition) is 2. The first-order valence-corrected chi connectivity index (χ1v) is 8.59. The highest BCUT2D eigenvalue weighted by atomic mass is 16.5. The van der Waals surface area contributed by atoms with Crippen molar-refractivity contribution in [3.8, 4) is 5.75 Å². The molecule has 1 aliphatic heterocycles. The van der Waals surface area contributed by atoms with Gasteiger partial charge in [-0.25, -0.2) is 0 Å². The van der Waals surface area contributed by atoms with E-state index in [4.69, 9.17) is 4.74 Å². The van der Waals surface area contributed by atoms with Gasteiger partial charge in [0.2, 0.25) is 11.8 Å². The van der Waals surface area contributed by atoms with E-state index in [1.807, 2.05) is 31.2 Å². The predicted octanol–water partition coefficient (Wildman–Crippen LogP) is 1.82. The molecule has 2 aromatic rings. The van der Waals surface area contributed by atoms with Crippen LogP contribution in [0.5, 0.6) is 5.75 Å². The van der Waals surface area contributed by atoms with Gasteiger partial charge in [-0.3, -0.25) is 25.2 Å². The van der Waals surface area contributed by atoms with Crippen LogP contribution in [0.2, 0.25) is 0 Å². The molecule has 7 nitrogen and oxygen atoms in total. The molecule has 27 heavy (non-hydrogen) atoms. The van der Waals surface area contributed by atoms with Gasteiger partial charge in [-0.2, -0.15) is 0 Å². The minimum atomic E-state index is -0.524. The van der Waals surface area contributed by atoms with Gasteiger partial charge < -0.3 is 9.64 Å². The van der Waals surface area contributed by atoms with Gasteiger partial charge in [0, 0.05) is 24.2 Å². The molecule has 1 atom stereocenters. The summed E-state index contributed by atoms with van der Waals surface area (Å²) < 4.78 is 5.07. The van der Waals surface area contributed by atoms with E-state index in [0.29, 0.717) is 11.3 Å². The molecule has 3 amide bonds. The van der Waals surface area contributed by atoms with Crippen molar-refractivity contribution >= 4 is 23.4 Å². The van der Waals surface area contributed by atoms with E-state index in [9.17, 15) is 14.4 Å². The average molecular weight is 367 g/mol. The first-order chi connectivity index (χ1) is 13.0. The molecule has 140 valence electrons. The van der Waals surface area contributed by atoms with E-state index in [1.165, 1.54) is 7.11 Å². The Morgan fingerprint density at radius 2 is 1.85 bits per heavy atom. The molecule has 0 aromatic heterocycles. The van der Waals surface area contributed by atoms with Crippen LogP contribution in [0.25, 0.3) is 0 Å². The number of methoxy groups -OCH3 is 1. The van der Waals surface area contributed by atoms with Crippen LogP contribution in [-0.4, -0.2) is 31.4 Å². The summed E-state index contributed by atoms with van der Waals surface area (Å²) in [6.07, 6.45) is 0.106. The largest absolute Gasteiger partial charge is 0.497 e. The van der Waals surface area contributed by atoms with Crippen molar-refractivity contribution in [2.24, 2.45) is 5.92 Å². The lowest BCUT2D eigenvalue weighted by atomic mass is 10.1. The minimum Gasteiger partial charge on any atom is -0.497 e. The van der Waals surface area contributed by atoms with Crippen LogP contribution in [0.3, 0.4) is 0 Å². The summed E-state index contributed by atoms with van der Waals surface area (Å²) in [6.45, 7) is 2.25. The standard InChI is InChI=1S/C20H21N3O4/c1-13-6-8-16(9-7-13)23-12-15(11-18(23)24)20(26)22-21-19(25)14-4-3-5-17(10-14)27-2/h3-10,15H,11-12H2,1-2H3,(H,21,25)(H,22,26)/t15-/m0/s1.